The molecule has 0 aliphatic carbocycles. The van der Waals surface area contributed by atoms with Crippen LogP contribution < -0.4 is 10.6 Å². The molecule has 0 saturated carbocycles. The second kappa shape index (κ2) is 6.57. The Labute approximate surface area is 114 Å². The lowest BCUT2D eigenvalue weighted by molar-refractivity contribution is 0.0746. The Morgan fingerprint density at radius 2 is 2.32 bits per heavy atom. The van der Waals surface area contributed by atoms with Crippen LogP contribution in [-0.4, -0.2) is 31.7 Å². The van der Waals surface area contributed by atoms with Crippen molar-refractivity contribution in [1.82, 2.24) is 5.32 Å². The van der Waals surface area contributed by atoms with E-state index in [9.17, 15) is 4.79 Å². The maximum Gasteiger partial charge on any atom is 0.251 e. The molecule has 4 heteroatoms. The quantitative estimate of drug-likeness (QED) is 0.800. The summed E-state index contributed by atoms with van der Waals surface area (Å²) in [5.74, 6) is -0.0271. The zero-order valence-electron chi connectivity index (χ0n) is 11.7. The van der Waals surface area contributed by atoms with Crippen molar-refractivity contribution < 1.29 is 9.53 Å². The van der Waals surface area contributed by atoms with Crippen molar-refractivity contribution in [3.05, 3.63) is 29.3 Å². The van der Waals surface area contributed by atoms with Crippen LogP contribution >= 0.6 is 0 Å². The van der Waals surface area contributed by atoms with Crippen LogP contribution in [0.3, 0.4) is 0 Å². The minimum Gasteiger partial charge on any atom is -0.385 e. The summed E-state index contributed by atoms with van der Waals surface area (Å²) in [6.45, 7) is 6.09. The van der Waals surface area contributed by atoms with Crippen molar-refractivity contribution in [2.24, 2.45) is 0 Å². The van der Waals surface area contributed by atoms with Crippen molar-refractivity contribution in [3.63, 3.8) is 0 Å². The molecule has 1 amide bonds. The van der Waals surface area contributed by atoms with Crippen LogP contribution in [0.4, 0.5) is 5.69 Å². The normalized spacial score (nSPS) is 13.8. The molecule has 0 saturated heterocycles. The number of anilines is 1. The molecule has 19 heavy (non-hydrogen) atoms. The largest absolute Gasteiger partial charge is 0.385 e. The SMILES string of the molecule is CC(C)OCCNC(=O)c1ccc2c(c1)CCCN2. The molecule has 1 heterocycles. The van der Waals surface area contributed by atoms with Gasteiger partial charge >= 0.3 is 0 Å². The second-order valence-corrected chi connectivity index (χ2v) is 5.08. The molecule has 0 fully saturated rings. The third kappa shape index (κ3) is 3.96. The van der Waals surface area contributed by atoms with Gasteiger partial charge in [0.1, 0.15) is 0 Å². The summed E-state index contributed by atoms with van der Waals surface area (Å²) in [6, 6.07) is 5.85. The summed E-state index contributed by atoms with van der Waals surface area (Å²) >= 11 is 0. The molecule has 2 N–H and O–H groups in total. The van der Waals surface area contributed by atoms with Crippen LogP contribution in [0.15, 0.2) is 18.2 Å². The van der Waals surface area contributed by atoms with Crippen molar-refractivity contribution in [2.75, 3.05) is 25.0 Å². The topological polar surface area (TPSA) is 50.4 Å². The number of nitrogens with one attached hydrogen (secondary N) is 2. The molecule has 0 bridgehead atoms. The van der Waals surface area contributed by atoms with Crippen molar-refractivity contribution in [3.8, 4) is 0 Å². The summed E-state index contributed by atoms with van der Waals surface area (Å²) in [6.07, 6.45) is 2.37. The Hall–Kier alpha value is -1.55. The van der Waals surface area contributed by atoms with Gasteiger partial charge in [0.05, 0.1) is 12.7 Å². The summed E-state index contributed by atoms with van der Waals surface area (Å²) in [4.78, 5) is 12.0. The molecular formula is C15H22N2O2. The fourth-order valence-electron chi connectivity index (χ4n) is 2.18. The van der Waals surface area contributed by atoms with Crippen molar-refractivity contribution in [1.29, 1.82) is 0 Å². The Morgan fingerprint density at radius 1 is 1.47 bits per heavy atom. The lowest BCUT2D eigenvalue weighted by atomic mass is 10.0. The van der Waals surface area contributed by atoms with E-state index < -0.39 is 0 Å². The third-order valence-electron chi connectivity index (χ3n) is 3.14. The first-order valence-corrected chi connectivity index (χ1v) is 6.93. The molecule has 0 atom stereocenters. The van der Waals surface area contributed by atoms with Gasteiger partial charge in [-0.05, 0) is 50.5 Å². The number of hydrogen-bond donors (Lipinski definition) is 2. The highest BCUT2D eigenvalue weighted by Crippen LogP contribution is 2.22. The van der Waals surface area contributed by atoms with E-state index in [1.165, 1.54) is 5.56 Å². The number of fused-ring (bicyclic) bond motifs is 1. The molecule has 1 aliphatic rings. The predicted octanol–water partition coefficient (Wildman–Crippen LogP) is 2.20. The predicted molar refractivity (Wildman–Crippen MR) is 76.7 cm³/mol. The standard InChI is InChI=1S/C15H22N2O2/c1-11(2)19-9-8-17-15(18)13-5-6-14-12(10-13)4-3-7-16-14/h5-6,10-11,16H,3-4,7-9H2,1-2H3,(H,17,18). The Morgan fingerprint density at radius 3 is 3.11 bits per heavy atom. The van der Waals surface area contributed by atoms with Crippen LogP contribution in [0.25, 0.3) is 0 Å². The van der Waals surface area contributed by atoms with Gasteiger partial charge in [-0.1, -0.05) is 0 Å². The maximum atomic E-state index is 12.0. The number of rotatable bonds is 5. The van der Waals surface area contributed by atoms with Gasteiger partial charge in [0.2, 0.25) is 0 Å². The Kier molecular flexibility index (Phi) is 4.80. The van der Waals surface area contributed by atoms with E-state index in [4.69, 9.17) is 4.74 Å². The number of carbonyl (C=O) groups is 1. The summed E-state index contributed by atoms with van der Waals surface area (Å²) in [7, 11) is 0. The smallest absolute Gasteiger partial charge is 0.251 e. The molecule has 0 unspecified atom stereocenters. The van der Waals surface area contributed by atoms with Gasteiger partial charge < -0.3 is 15.4 Å². The summed E-state index contributed by atoms with van der Waals surface area (Å²) < 4.78 is 5.39. The molecule has 4 nitrogen and oxygen atoms in total. The number of aryl methyl sites for hydroxylation is 1. The van der Waals surface area contributed by atoms with E-state index in [-0.39, 0.29) is 12.0 Å². The molecule has 104 valence electrons. The van der Waals surface area contributed by atoms with Gasteiger partial charge in [-0.2, -0.15) is 0 Å². The number of amides is 1. The molecule has 0 radical (unpaired) electrons. The van der Waals surface area contributed by atoms with Gasteiger partial charge in [0.15, 0.2) is 0 Å². The molecule has 2 rings (SSSR count). The minimum absolute atomic E-state index is 0.0271. The van der Waals surface area contributed by atoms with Crippen LogP contribution in [-0.2, 0) is 11.2 Å². The molecule has 0 spiro atoms. The van der Waals surface area contributed by atoms with Gasteiger partial charge in [-0.25, -0.2) is 0 Å². The van der Waals surface area contributed by atoms with Crippen LogP contribution in [0.1, 0.15) is 36.2 Å². The highest BCUT2D eigenvalue weighted by molar-refractivity contribution is 5.94. The number of benzene rings is 1. The van der Waals surface area contributed by atoms with E-state index in [0.29, 0.717) is 13.2 Å². The number of carbonyl (C=O) groups excluding carboxylic acids is 1. The van der Waals surface area contributed by atoms with E-state index in [1.54, 1.807) is 0 Å². The van der Waals surface area contributed by atoms with Gasteiger partial charge in [0.25, 0.3) is 5.91 Å². The number of hydrogen-bond acceptors (Lipinski definition) is 3. The maximum absolute atomic E-state index is 12.0. The lowest BCUT2D eigenvalue weighted by Gasteiger charge is -2.18. The molecule has 1 aliphatic heterocycles. The second-order valence-electron chi connectivity index (χ2n) is 5.08. The first kappa shape index (κ1) is 13.9. The van der Waals surface area contributed by atoms with E-state index in [2.05, 4.69) is 10.6 Å². The summed E-state index contributed by atoms with van der Waals surface area (Å²) in [5, 5.41) is 6.22. The zero-order valence-corrected chi connectivity index (χ0v) is 11.7. The lowest BCUT2D eigenvalue weighted by Crippen LogP contribution is -2.28. The van der Waals surface area contributed by atoms with E-state index in [1.807, 2.05) is 32.0 Å². The highest BCUT2D eigenvalue weighted by atomic mass is 16.5. The molecular weight excluding hydrogens is 240 g/mol. The molecule has 1 aromatic rings. The van der Waals surface area contributed by atoms with Gasteiger partial charge in [-0.3, -0.25) is 4.79 Å². The Bertz CT molecular complexity index is 444. The van der Waals surface area contributed by atoms with Crippen molar-refractivity contribution in [2.45, 2.75) is 32.8 Å². The van der Waals surface area contributed by atoms with Crippen LogP contribution in [0, 0.1) is 0 Å². The van der Waals surface area contributed by atoms with Crippen molar-refractivity contribution >= 4 is 11.6 Å². The van der Waals surface area contributed by atoms with Gasteiger partial charge in [0, 0.05) is 24.3 Å². The average Bonchev–Trinajstić information content (AvgIpc) is 2.42. The first-order chi connectivity index (χ1) is 9.16. The zero-order chi connectivity index (χ0) is 13.7. The Balaban J connectivity index is 1.88. The summed E-state index contributed by atoms with van der Waals surface area (Å²) in [5.41, 5.74) is 3.12. The van der Waals surface area contributed by atoms with Crippen LogP contribution in [0.5, 0.6) is 0 Å². The van der Waals surface area contributed by atoms with E-state index >= 15 is 0 Å². The fourth-order valence-corrected chi connectivity index (χ4v) is 2.18. The third-order valence-corrected chi connectivity index (χ3v) is 3.14. The van der Waals surface area contributed by atoms with Crippen LogP contribution in [0.2, 0.25) is 0 Å². The van der Waals surface area contributed by atoms with E-state index in [0.717, 1.165) is 30.6 Å². The molecule has 1 aromatic carbocycles. The monoisotopic (exact) mass is 262 g/mol. The highest BCUT2D eigenvalue weighted by Gasteiger charge is 2.12. The fraction of sp³-hybridized carbons (Fsp3) is 0.533. The minimum atomic E-state index is -0.0271. The average molecular weight is 262 g/mol. The number of ether oxygens (including phenoxy) is 1. The first-order valence-electron chi connectivity index (χ1n) is 6.93. The molecule has 0 aromatic heterocycles. The van der Waals surface area contributed by atoms with Gasteiger partial charge in [-0.15, -0.1) is 0 Å².